The van der Waals surface area contributed by atoms with Gasteiger partial charge in [0.05, 0.1) is 18.4 Å². The van der Waals surface area contributed by atoms with Crippen molar-refractivity contribution >= 4 is 23.2 Å². The average molecular weight is 352 g/mol. The van der Waals surface area contributed by atoms with Crippen LogP contribution >= 0.6 is 0 Å². The van der Waals surface area contributed by atoms with Crippen LogP contribution in [0.3, 0.4) is 0 Å². The van der Waals surface area contributed by atoms with Crippen LogP contribution in [0.5, 0.6) is 0 Å². The summed E-state index contributed by atoms with van der Waals surface area (Å²) < 4.78 is 0. The number of para-hydroxylation sites is 2. The molecule has 1 unspecified atom stereocenters. The van der Waals surface area contributed by atoms with Crippen LogP contribution in [0, 0.1) is 6.92 Å². The molecule has 2 amide bonds. The summed E-state index contributed by atoms with van der Waals surface area (Å²) in [7, 11) is 2.00. The van der Waals surface area contributed by atoms with Crippen molar-refractivity contribution in [1.82, 2.24) is 0 Å². The van der Waals surface area contributed by atoms with E-state index in [0.717, 1.165) is 17.1 Å². The van der Waals surface area contributed by atoms with Gasteiger partial charge in [-0.2, -0.15) is 0 Å². The van der Waals surface area contributed by atoms with E-state index in [0.29, 0.717) is 12.2 Å². The van der Waals surface area contributed by atoms with Crippen molar-refractivity contribution in [2.75, 3.05) is 23.8 Å². The van der Waals surface area contributed by atoms with Crippen molar-refractivity contribution in [3.05, 3.63) is 59.7 Å². The third-order valence-electron chi connectivity index (χ3n) is 4.84. The molecule has 0 aromatic heterocycles. The molecule has 1 aliphatic rings. The summed E-state index contributed by atoms with van der Waals surface area (Å²) >= 11 is 0. The highest BCUT2D eigenvalue weighted by molar-refractivity contribution is 6.14. The third kappa shape index (κ3) is 3.48. The van der Waals surface area contributed by atoms with Gasteiger partial charge in [0.15, 0.2) is 6.54 Å². The van der Waals surface area contributed by atoms with E-state index in [1.165, 1.54) is 11.1 Å². The molecule has 0 spiro atoms. The highest BCUT2D eigenvalue weighted by Crippen LogP contribution is 2.36. The summed E-state index contributed by atoms with van der Waals surface area (Å²) in [5.74, 6) is -0.220. The number of anilines is 2. The first-order chi connectivity index (χ1) is 12.3. The monoisotopic (exact) mass is 352 g/mol. The van der Waals surface area contributed by atoms with Crippen molar-refractivity contribution in [3.8, 4) is 0 Å². The van der Waals surface area contributed by atoms with E-state index in [9.17, 15) is 9.59 Å². The molecule has 0 aliphatic carbocycles. The van der Waals surface area contributed by atoms with Gasteiger partial charge in [-0.15, -0.1) is 0 Å². The lowest BCUT2D eigenvalue weighted by Gasteiger charge is -2.42. The SMILES string of the molecule is Cc1ccc(C[NH+](C)CC(=O)N2c3ccccc3NC(=O)C2(C)C)cc1. The predicted molar refractivity (Wildman–Crippen MR) is 103 cm³/mol. The standard InChI is InChI=1S/C21H25N3O2/c1-15-9-11-16(12-10-15)13-23(4)14-19(25)24-18-8-6-5-7-17(18)22-20(26)21(24,2)3/h5-12H,13-14H2,1-4H3,(H,22,26)/p+1. The molecule has 0 saturated heterocycles. The van der Waals surface area contributed by atoms with Crippen molar-refractivity contribution in [2.24, 2.45) is 0 Å². The Morgan fingerprint density at radius 2 is 1.77 bits per heavy atom. The van der Waals surface area contributed by atoms with Gasteiger partial charge in [-0.25, -0.2) is 0 Å². The van der Waals surface area contributed by atoms with E-state index in [2.05, 4.69) is 36.5 Å². The Hall–Kier alpha value is -2.66. The molecule has 1 atom stereocenters. The Balaban J connectivity index is 1.79. The molecule has 0 saturated carbocycles. The van der Waals surface area contributed by atoms with Gasteiger partial charge in [-0.1, -0.05) is 42.0 Å². The average Bonchev–Trinajstić information content (AvgIpc) is 2.57. The molecular formula is C21H26N3O2+. The number of hydrogen-bond donors (Lipinski definition) is 2. The number of carbonyl (C=O) groups excluding carboxylic acids is 2. The Kier molecular flexibility index (Phi) is 4.83. The molecule has 3 rings (SSSR count). The second-order valence-corrected chi connectivity index (χ2v) is 7.56. The number of quaternary nitrogens is 1. The zero-order chi connectivity index (χ0) is 18.9. The number of carbonyl (C=O) groups is 2. The Morgan fingerprint density at radius 3 is 2.46 bits per heavy atom. The minimum Gasteiger partial charge on any atom is -0.326 e. The van der Waals surface area contributed by atoms with Crippen molar-refractivity contribution in [2.45, 2.75) is 32.9 Å². The Morgan fingerprint density at radius 1 is 1.12 bits per heavy atom. The van der Waals surface area contributed by atoms with Crippen LogP contribution in [0.1, 0.15) is 25.0 Å². The molecule has 2 aromatic carbocycles. The molecule has 2 N–H and O–H groups in total. The lowest BCUT2D eigenvalue weighted by Crippen LogP contribution is -3.09. The van der Waals surface area contributed by atoms with Gasteiger partial charge in [-0.05, 0) is 32.9 Å². The van der Waals surface area contributed by atoms with Crippen molar-refractivity contribution in [3.63, 3.8) is 0 Å². The lowest BCUT2D eigenvalue weighted by molar-refractivity contribution is -0.885. The number of benzene rings is 2. The fourth-order valence-electron chi connectivity index (χ4n) is 3.35. The first kappa shape index (κ1) is 18.1. The topological polar surface area (TPSA) is 53.9 Å². The first-order valence-corrected chi connectivity index (χ1v) is 8.89. The number of amides is 2. The van der Waals surface area contributed by atoms with Crippen LogP contribution in [0.4, 0.5) is 11.4 Å². The fourth-order valence-corrected chi connectivity index (χ4v) is 3.35. The maximum absolute atomic E-state index is 13.1. The molecule has 0 fully saturated rings. The van der Waals surface area contributed by atoms with Crippen LogP contribution in [0.2, 0.25) is 0 Å². The minimum atomic E-state index is -0.921. The van der Waals surface area contributed by atoms with Gasteiger partial charge >= 0.3 is 0 Å². The van der Waals surface area contributed by atoms with Gasteiger partial charge in [-0.3, -0.25) is 14.5 Å². The van der Waals surface area contributed by atoms with Crippen LogP contribution in [0.15, 0.2) is 48.5 Å². The van der Waals surface area contributed by atoms with Crippen molar-refractivity contribution in [1.29, 1.82) is 0 Å². The maximum atomic E-state index is 13.1. The van der Waals surface area contributed by atoms with Crippen molar-refractivity contribution < 1.29 is 14.5 Å². The summed E-state index contributed by atoms with van der Waals surface area (Å²) in [5.41, 5.74) is 2.93. The third-order valence-corrected chi connectivity index (χ3v) is 4.84. The van der Waals surface area contributed by atoms with E-state index in [1.807, 2.05) is 31.3 Å². The molecule has 1 heterocycles. The molecule has 136 valence electrons. The summed E-state index contributed by atoms with van der Waals surface area (Å²) in [4.78, 5) is 28.3. The van der Waals surface area contributed by atoms with Crippen LogP contribution in [-0.2, 0) is 16.1 Å². The number of aryl methyl sites for hydroxylation is 1. The van der Waals surface area contributed by atoms with Gasteiger partial charge in [0, 0.05) is 5.56 Å². The lowest BCUT2D eigenvalue weighted by atomic mass is 9.96. The molecule has 2 aromatic rings. The zero-order valence-corrected chi connectivity index (χ0v) is 15.8. The molecule has 5 nitrogen and oxygen atoms in total. The second-order valence-electron chi connectivity index (χ2n) is 7.56. The van der Waals surface area contributed by atoms with E-state index < -0.39 is 5.54 Å². The minimum absolute atomic E-state index is 0.0538. The quantitative estimate of drug-likeness (QED) is 0.881. The Bertz CT molecular complexity index is 827. The van der Waals surface area contributed by atoms with E-state index in [-0.39, 0.29) is 11.8 Å². The summed E-state index contributed by atoms with van der Waals surface area (Å²) in [5, 5.41) is 2.89. The smallest absolute Gasteiger partial charge is 0.283 e. The summed E-state index contributed by atoms with van der Waals surface area (Å²) in [6.07, 6.45) is 0. The van der Waals surface area contributed by atoms with Gasteiger partial charge in [0.1, 0.15) is 12.1 Å². The number of likely N-dealkylation sites (N-methyl/N-ethyl adjacent to an activating group) is 1. The predicted octanol–water partition coefficient (Wildman–Crippen LogP) is 1.77. The molecule has 0 bridgehead atoms. The molecular weight excluding hydrogens is 326 g/mol. The van der Waals surface area contributed by atoms with E-state index in [4.69, 9.17) is 0 Å². The normalized spacial score (nSPS) is 16.6. The second kappa shape index (κ2) is 6.92. The number of hydrogen-bond acceptors (Lipinski definition) is 2. The molecule has 5 heteroatoms. The Labute approximate surface area is 154 Å². The first-order valence-electron chi connectivity index (χ1n) is 8.89. The van der Waals surface area contributed by atoms with Gasteiger partial charge in [0.2, 0.25) is 5.91 Å². The van der Waals surface area contributed by atoms with Crippen LogP contribution in [0.25, 0.3) is 0 Å². The van der Waals surface area contributed by atoms with Crippen LogP contribution in [-0.4, -0.2) is 30.9 Å². The fraction of sp³-hybridized carbons (Fsp3) is 0.333. The highest BCUT2D eigenvalue weighted by atomic mass is 16.2. The zero-order valence-electron chi connectivity index (χ0n) is 15.8. The largest absolute Gasteiger partial charge is 0.326 e. The summed E-state index contributed by atoms with van der Waals surface area (Å²) in [6.45, 7) is 6.70. The number of nitrogens with one attached hydrogen (secondary N) is 2. The maximum Gasteiger partial charge on any atom is 0.283 e. The number of rotatable bonds is 4. The van der Waals surface area contributed by atoms with Crippen LogP contribution < -0.4 is 15.1 Å². The van der Waals surface area contributed by atoms with E-state index in [1.54, 1.807) is 18.7 Å². The highest BCUT2D eigenvalue weighted by Gasteiger charge is 2.44. The summed E-state index contributed by atoms with van der Waals surface area (Å²) in [6, 6.07) is 15.8. The molecule has 1 aliphatic heterocycles. The van der Waals surface area contributed by atoms with Gasteiger partial charge < -0.3 is 10.2 Å². The number of fused-ring (bicyclic) bond motifs is 1. The number of nitrogens with zero attached hydrogens (tertiary/aromatic N) is 1. The molecule has 26 heavy (non-hydrogen) atoms. The molecule has 0 radical (unpaired) electrons. The van der Waals surface area contributed by atoms with Gasteiger partial charge in [0.25, 0.3) is 5.91 Å². The van der Waals surface area contributed by atoms with E-state index >= 15 is 0 Å².